The van der Waals surface area contributed by atoms with Gasteiger partial charge in [0, 0.05) is 11.9 Å². The fourth-order valence-electron chi connectivity index (χ4n) is 2.41. The molecule has 0 saturated carbocycles. The summed E-state index contributed by atoms with van der Waals surface area (Å²) in [4.78, 5) is 4.77. The maximum atomic E-state index is 4.77. The summed E-state index contributed by atoms with van der Waals surface area (Å²) in [6, 6.07) is 0. The maximum absolute atomic E-state index is 4.77. The van der Waals surface area contributed by atoms with Gasteiger partial charge in [0.25, 0.3) is 0 Å². The predicted molar refractivity (Wildman–Crippen MR) is 89.4 cm³/mol. The zero-order valence-corrected chi connectivity index (χ0v) is 14.1. The van der Waals surface area contributed by atoms with Gasteiger partial charge in [0.1, 0.15) is 0 Å². The summed E-state index contributed by atoms with van der Waals surface area (Å²) in [7, 11) is 2.99. The van der Waals surface area contributed by atoms with Crippen LogP contribution in [-0.4, -0.2) is 4.98 Å². The smallest absolute Gasteiger partial charge is 0.0441 e. The maximum Gasteiger partial charge on any atom is 0.0441 e. The SMILES string of the molecule is CCCCc1cnc(CCCC)c(CCCC)c1P. The van der Waals surface area contributed by atoms with E-state index >= 15 is 0 Å². The molecule has 0 spiro atoms. The minimum Gasteiger partial charge on any atom is -0.261 e. The van der Waals surface area contributed by atoms with Crippen molar-refractivity contribution < 1.29 is 0 Å². The molecule has 0 aliphatic heterocycles. The number of pyridine rings is 1. The molecule has 0 fully saturated rings. The van der Waals surface area contributed by atoms with Crippen molar-refractivity contribution in [3.8, 4) is 0 Å². The van der Waals surface area contributed by atoms with Gasteiger partial charge < -0.3 is 0 Å². The Morgan fingerprint density at radius 2 is 1.47 bits per heavy atom. The standard InChI is InChI=1S/C17H30NP/c1-4-7-10-14-13-18-16(12-9-6-3)15(17(14)19)11-8-5-2/h13H,4-12,19H2,1-3H3. The Hall–Kier alpha value is -0.420. The van der Waals surface area contributed by atoms with Crippen LogP contribution < -0.4 is 5.30 Å². The highest BCUT2D eigenvalue weighted by Crippen LogP contribution is 2.17. The van der Waals surface area contributed by atoms with Crippen molar-refractivity contribution in [2.45, 2.75) is 78.6 Å². The second-order valence-electron chi connectivity index (χ2n) is 5.43. The van der Waals surface area contributed by atoms with Crippen LogP contribution in [0.2, 0.25) is 0 Å². The molecule has 1 rings (SSSR count). The van der Waals surface area contributed by atoms with E-state index in [2.05, 4.69) is 36.2 Å². The Morgan fingerprint density at radius 1 is 0.895 bits per heavy atom. The van der Waals surface area contributed by atoms with Gasteiger partial charge in [-0.25, -0.2) is 0 Å². The minimum atomic E-state index is 1.14. The van der Waals surface area contributed by atoms with E-state index in [0.717, 1.165) is 6.42 Å². The van der Waals surface area contributed by atoms with Crippen LogP contribution in [0.25, 0.3) is 0 Å². The second kappa shape index (κ2) is 9.48. The molecule has 1 aromatic heterocycles. The Bertz CT molecular complexity index is 374. The normalized spacial score (nSPS) is 10.9. The van der Waals surface area contributed by atoms with Crippen LogP contribution in [0.1, 0.15) is 76.1 Å². The van der Waals surface area contributed by atoms with E-state index in [0.29, 0.717) is 0 Å². The molecule has 0 bridgehead atoms. The molecule has 0 N–H and O–H groups in total. The highest BCUT2D eigenvalue weighted by molar-refractivity contribution is 7.27. The van der Waals surface area contributed by atoms with Crippen LogP contribution in [0, 0.1) is 0 Å². The Morgan fingerprint density at radius 3 is 2.11 bits per heavy atom. The summed E-state index contributed by atoms with van der Waals surface area (Å²) in [5, 5.41) is 1.45. The molecule has 0 amide bonds. The highest BCUT2D eigenvalue weighted by Gasteiger charge is 2.11. The monoisotopic (exact) mass is 279 g/mol. The van der Waals surface area contributed by atoms with Crippen molar-refractivity contribution in [3.63, 3.8) is 0 Å². The highest BCUT2D eigenvalue weighted by atomic mass is 31.0. The van der Waals surface area contributed by atoms with Gasteiger partial charge in [-0.2, -0.15) is 0 Å². The lowest BCUT2D eigenvalue weighted by Crippen LogP contribution is -2.14. The third-order valence-corrected chi connectivity index (χ3v) is 4.46. The first-order valence-electron chi connectivity index (χ1n) is 7.99. The summed E-state index contributed by atoms with van der Waals surface area (Å²) < 4.78 is 0. The zero-order chi connectivity index (χ0) is 14.1. The molecule has 1 aromatic rings. The second-order valence-corrected chi connectivity index (χ2v) is 6.01. The molecule has 0 aromatic carbocycles. The van der Waals surface area contributed by atoms with Gasteiger partial charge >= 0.3 is 0 Å². The van der Waals surface area contributed by atoms with Gasteiger partial charge in [-0.15, -0.1) is 9.24 Å². The summed E-state index contributed by atoms with van der Waals surface area (Å²) in [5.41, 5.74) is 4.31. The molecule has 19 heavy (non-hydrogen) atoms. The van der Waals surface area contributed by atoms with E-state index < -0.39 is 0 Å². The van der Waals surface area contributed by atoms with E-state index in [1.54, 1.807) is 0 Å². The number of aromatic nitrogens is 1. The summed E-state index contributed by atoms with van der Waals surface area (Å²) in [6.07, 6.45) is 13.2. The van der Waals surface area contributed by atoms with Crippen LogP contribution in [0.4, 0.5) is 0 Å². The molecule has 1 unspecified atom stereocenters. The lowest BCUT2D eigenvalue weighted by atomic mass is 9.99. The topological polar surface area (TPSA) is 12.9 Å². The van der Waals surface area contributed by atoms with Crippen LogP contribution in [0.15, 0.2) is 6.20 Å². The lowest BCUT2D eigenvalue weighted by Gasteiger charge is -2.15. The van der Waals surface area contributed by atoms with Gasteiger partial charge in [-0.1, -0.05) is 40.0 Å². The van der Waals surface area contributed by atoms with Crippen LogP contribution in [0.5, 0.6) is 0 Å². The van der Waals surface area contributed by atoms with E-state index in [4.69, 9.17) is 4.98 Å². The minimum absolute atomic E-state index is 1.14. The Kier molecular flexibility index (Phi) is 8.30. The molecule has 1 nitrogen and oxygen atoms in total. The molecule has 1 heterocycles. The van der Waals surface area contributed by atoms with E-state index in [1.165, 1.54) is 73.5 Å². The average Bonchev–Trinajstić information content (AvgIpc) is 2.43. The fourth-order valence-corrected chi connectivity index (χ4v) is 2.94. The number of unbranched alkanes of at least 4 members (excludes halogenated alkanes) is 3. The molecular weight excluding hydrogens is 249 g/mol. The van der Waals surface area contributed by atoms with Crippen LogP contribution in [-0.2, 0) is 19.3 Å². The van der Waals surface area contributed by atoms with E-state index in [1.807, 2.05) is 0 Å². The van der Waals surface area contributed by atoms with Gasteiger partial charge in [0.15, 0.2) is 0 Å². The van der Waals surface area contributed by atoms with Crippen molar-refractivity contribution in [3.05, 3.63) is 23.0 Å². The van der Waals surface area contributed by atoms with Crippen molar-refractivity contribution >= 4 is 14.5 Å². The van der Waals surface area contributed by atoms with Crippen molar-refractivity contribution in [1.82, 2.24) is 4.98 Å². The van der Waals surface area contributed by atoms with Crippen LogP contribution in [0.3, 0.4) is 0 Å². The molecule has 0 radical (unpaired) electrons. The molecule has 1 atom stereocenters. The quantitative estimate of drug-likeness (QED) is 0.602. The van der Waals surface area contributed by atoms with Crippen molar-refractivity contribution in [1.29, 1.82) is 0 Å². The fraction of sp³-hybridized carbons (Fsp3) is 0.706. The lowest BCUT2D eigenvalue weighted by molar-refractivity contribution is 0.737. The molecule has 108 valence electrons. The summed E-state index contributed by atoms with van der Waals surface area (Å²) in [5.74, 6) is 0. The Balaban J connectivity index is 2.94. The molecule has 2 heteroatoms. The first kappa shape index (κ1) is 16.6. The van der Waals surface area contributed by atoms with E-state index in [9.17, 15) is 0 Å². The zero-order valence-electron chi connectivity index (χ0n) is 13.0. The van der Waals surface area contributed by atoms with Gasteiger partial charge in [0.2, 0.25) is 0 Å². The largest absolute Gasteiger partial charge is 0.261 e. The third kappa shape index (κ3) is 5.22. The number of hydrogen-bond donors (Lipinski definition) is 0. The third-order valence-electron chi connectivity index (χ3n) is 3.74. The van der Waals surface area contributed by atoms with Crippen LogP contribution >= 0.6 is 9.24 Å². The number of nitrogens with zero attached hydrogens (tertiary/aromatic N) is 1. The number of rotatable bonds is 9. The van der Waals surface area contributed by atoms with Crippen molar-refractivity contribution in [2.24, 2.45) is 0 Å². The molecule has 0 saturated heterocycles. The molecule has 0 aliphatic rings. The first-order valence-corrected chi connectivity index (χ1v) is 8.57. The van der Waals surface area contributed by atoms with Crippen molar-refractivity contribution in [2.75, 3.05) is 0 Å². The van der Waals surface area contributed by atoms with Gasteiger partial charge in [-0.3, -0.25) is 4.98 Å². The first-order chi connectivity index (χ1) is 9.24. The Labute approximate surface area is 121 Å². The average molecular weight is 279 g/mol. The predicted octanol–water partition coefficient (Wildman–Crippen LogP) is 4.61. The molecule has 0 aliphatic carbocycles. The summed E-state index contributed by atoms with van der Waals surface area (Å²) in [6.45, 7) is 6.77. The summed E-state index contributed by atoms with van der Waals surface area (Å²) >= 11 is 0. The number of aryl methyl sites for hydroxylation is 2. The van der Waals surface area contributed by atoms with E-state index in [-0.39, 0.29) is 0 Å². The van der Waals surface area contributed by atoms with Gasteiger partial charge in [-0.05, 0) is 55.0 Å². The van der Waals surface area contributed by atoms with Gasteiger partial charge in [0.05, 0.1) is 0 Å². The number of hydrogen-bond acceptors (Lipinski definition) is 1. The molecular formula is C17H30NP.